The van der Waals surface area contributed by atoms with Gasteiger partial charge in [0.1, 0.15) is 11.5 Å². The van der Waals surface area contributed by atoms with Crippen molar-refractivity contribution in [3.05, 3.63) is 87.4 Å². The Morgan fingerprint density at radius 1 is 0.833 bits per heavy atom. The van der Waals surface area contributed by atoms with Gasteiger partial charge in [-0.25, -0.2) is 0 Å². The normalized spacial score (nSPS) is 19.9. The summed E-state index contributed by atoms with van der Waals surface area (Å²) in [7, 11) is 1.63. The van der Waals surface area contributed by atoms with Crippen molar-refractivity contribution in [3.63, 3.8) is 0 Å². The number of hydroxylamine groups is 2. The first-order valence-electron chi connectivity index (χ1n) is 12.1. The number of rotatable bonds is 4. The van der Waals surface area contributed by atoms with Crippen molar-refractivity contribution >= 4 is 40.6 Å². The van der Waals surface area contributed by atoms with E-state index in [9.17, 15) is 9.59 Å². The Morgan fingerprint density at radius 3 is 1.89 bits per heavy atom. The zero-order chi connectivity index (χ0) is 25.6. The Morgan fingerprint density at radius 2 is 1.36 bits per heavy atom. The van der Waals surface area contributed by atoms with Gasteiger partial charge in [-0.3, -0.25) is 14.5 Å². The monoisotopic (exact) mass is 522 g/mol. The van der Waals surface area contributed by atoms with Crippen molar-refractivity contribution < 1.29 is 14.4 Å². The molecule has 2 fully saturated rings. The summed E-state index contributed by atoms with van der Waals surface area (Å²) in [6.45, 7) is 5.10. The van der Waals surface area contributed by atoms with Gasteiger partial charge in [-0.15, -0.1) is 0 Å². The van der Waals surface area contributed by atoms with Crippen molar-refractivity contribution in [2.45, 2.75) is 38.1 Å². The molecule has 186 valence electrons. The van der Waals surface area contributed by atoms with E-state index in [4.69, 9.17) is 28.0 Å². The zero-order valence-corrected chi connectivity index (χ0v) is 22.1. The van der Waals surface area contributed by atoms with Crippen molar-refractivity contribution in [3.8, 4) is 11.1 Å². The lowest BCUT2D eigenvalue weighted by atomic mass is 9.78. The molecule has 2 aliphatic rings. The molecule has 5 rings (SSSR count). The zero-order valence-electron chi connectivity index (χ0n) is 20.6. The van der Waals surface area contributed by atoms with Crippen LogP contribution in [-0.4, -0.2) is 42.5 Å². The molecule has 0 aromatic heterocycles. The summed E-state index contributed by atoms with van der Waals surface area (Å²) in [4.78, 5) is 35.6. The SMILES string of the molecule is CON1CCC2(CC1)C(=O)C(c1c(C)cc(-c3ccc(Cl)cc3)cc1C)C(=O)N2c1ccc(Cl)cc1. The van der Waals surface area contributed by atoms with E-state index >= 15 is 0 Å². The maximum absolute atomic E-state index is 14.3. The second kappa shape index (κ2) is 9.64. The van der Waals surface area contributed by atoms with Gasteiger partial charge in [0.05, 0.1) is 7.11 Å². The number of halogens is 2. The highest BCUT2D eigenvalue weighted by Crippen LogP contribution is 2.47. The summed E-state index contributed by atoms with van der Waals surface area (Å²) in [5, 5.41) is 3.10. The third-order valence-corrected chi connectivity index (χ3v) is 8.07. The lowest BCUT2D eigenvalue weighted by Crippen LogP contribution is -2.56. The van der Waals surface area contributed by atoms with Gasteiger partial charge in [-0.2, -0.15) is 5.06 Å². The third kappa shape index (κ3) is 4.14. The molecule has 3 aromatic carbocycles. The molecule has 0 saturated carbocycles. The smallest absolute Gasteiger partial charge is 0.243 e. The number of aryl methyl sites for hydroxylation is 2. The van der Waals surface area contributed by atoms with E-state index in [1.54, 1.807) is 24.1 Å². The largest absolute Gasteiger partial charge is 0.302 e. The van der Waals surface area contributed by atoms with Crippen molar-refractivity contribution in [1.29, 1.82) is 0 Å². The first-order chi connectivity index (χ1) is 17.2. The topological polar surface area (TPSA) is 49.9 Å². The number of hydrogen-bond donors (Lipinski definition) is 0. The van der Waals surface area contributed by atoms with E-state index in [2.05, 4.69) is 12.1 Å². The molecule has 5 nitrogen and oxygen atoms in total. The van der Waals surface area contributed by atoms with Crippen LogP contribution in [0.3, 0.4) is 0 Å². The summed E-state index contributed by atoms with van der Waals surface area (Å²) in [6, 6.07) is 18.9. The molecule has 1 unspecified atom stereocenters. The standard InChI is InChI=1S/C29H28Cl2N2O3/c1-18-16-21(20-4-6-22(30)7-5-20)17-19(2)25(18)26-27(34)29(12-14-32(36-3)15-13-29)33(28(26)35)24-10-8-23(31)9-11-24/h4-11,16-17,26H,12-15H2,1-3H3. The van der Waals surface area contributed by atoms with Gasteiger partial charge in [-0.05, 0) is 90.9 Å². The Labute approximate surface area is 221 Å². The van der Waals surface area contributed by atoms with E-state index in [1.807, 2.05) is 55.3 Å². The van der Waals surface area contributed by atoms with Crippen LogP contribution in [-0.2, 0) is 14.4 Å². The Kier molecular flexibility index (Phi) is 6.69. The first kappa shape index (κ1) is 25.0. The number of carbonyl (C=O) groups excluding carboxylic acids is 2. The molecule has 0 bridgehead atoms. The lowest BCUT2D eigenvalue weighted by molar-refractivity contribution is -0.155. The van der Waals surface area contributed by atoms with Crippen LogP contribution in [0.4, 0.5) is 5.69 Å². The van der Waals surface area contributed by atoms with E-state index in [1.165, 1.54) is 0 Å². The van der Waals surface area contributed by atoms with E-state index in [-0.39, 0.29) is 11.7 Å². The van der Waals surface area contributed by atoms with Gasteiger partial charge in [0.25, 0.3) is 0 Å². The predicted molar refractivity (Wildman–Crippen MR) is 144 cm³/mol. The number of piperidine rings is 1. The summed E-state index contributed by atoms with van der Waals surface area (Å²) >= 11 is 12.2. The highest BCUT2D eigenvalue weighted by molar-refractivity contribution is 6.31. The van der Waals surface area contributed by atoms with Crippen LogP contribution in [0.2, 0.25) is 10.0 Å². The van der Waals surface area contributed by atoms with Crippen molar-refractivity contribution in [2.75, 3.05) is 25.1 Å². The minimum absolute atomic E-state index is 0.0383. The van der Waals surface area contributed by atoms with E-state index in [0.717, 1.165) is 27.8 Å². The molecule has 2 heterocycles. The molecule has 7 heteroatoms. The van der Waals surface area contributed by atoms with Crippen molar-refractivity contribution in [1.82, 2.24) is 5.06 Å². The molecule has 2 aliphatic heterocycles. The molecular formula is C29H28Cl2N2O3. The molecule has 0 N–H and O–H groups in total. The number of benzene rings is 3. The molecule has 1 atom stereocenters. The summed E-state index contributed by atoms with van der Waals surface area (Å²) in [5.74, 6) is -1.07. The summed E-state index contributed by atoms with van der Waals surface area (Å²) < 4.78 is 0. The third-order valence-electron chi connectivity index (χ3n) is 7.57. The maximum atomic E-state index is 14.3. The highest BCUT2D eigenvalue weighted by Gasteiger charge is 2.60. The fourth-order valence-corrected chi connectivity index (χ4v) is 6.05. The second-order valence-corrected chi connectivity index (χ2v) is 10.5. The molecule has 0 radical (unpaired) electrons. The maximum Gasteiger partial charge on any atom is 0.243 e. The average molecular weight is 523 g/mol. The Hall–Kier alpha value is -2.70. The number of ketones is 1. The fourth-order valence-electron chi connectivity index (χ4n) is 5.80. The van der Waals surface area contributed by atoms with Crippen molar-refractivity contribution in [2.24, 2.45) is 0 Å². The fraction of sp³-hybridized carbons (Fsp3) is 0.310. The van der Waals surface area contributed by atoms with Crippen LogP contribution in [0.15, 0.2) is 60.7 Å². The van der Waals surface area contributed by atoms with Crippen LogP contribution < -0.4 is 4.90 Å². The molecule has 36 heavy (non-hydrogen) atoms. The number of nitrogens with zero attached hydrogens (tertiary/aromatic N) is 2. The molecule has 1 amide bonds. The molecular weight excluding hydrogens is 495 g/mol. The molecule has 1 spiro atoms. The molecule has 0 aliphatic carbocycles. The lowest BCUT2D eigenvalue weighted by Gasteiger charge is -2.42. The van der Waals surface area contributed by atoms with Crippen LogP contribution >= 0.6 is 23.2 Å². The van der Waals surface area contributed by atoms with Gasteiger partial charge in [0.2, 0.25) is 5.91 Å². The Bertz CT molecular complexity index is 1290. The highest BCUT2D eigenvalue weighted by atomic mass is 35.5. The predicted octanol–water partition coefficient (Wildman–Crippen LogP) is 6.37. The van der Waals surface area contributed by atoms with E-state index < -0.39 is 11.5 Å². The van der Waals surface area contributed by atoms with Gasteiger partial charge >= 0.3 is 0 Å². The van der Waals surface area contributed by atoms with Crippen LogP contribution in [0, 0.1) is 13.8 Å². The molecule has 2 saturated heterocycles. The number of carbonyl (C=O) groups is 2. The molecule has 3 aromatic rings. The summed E-state index contributed by atoms with van der Waals surface area (Å²) in [6.07, 6.45) is 1.01. The van der Waals surface area contributed by atoms with Gasteiger partial charge < -0.3 is 4.84 Å². The number of amides is 1. The minimum Gasteiger partial charge on any atom is -0.302 e. The number of anilines is 1. The average Bonchev–Trinajstić information content (AvgIpc) is 3.06. The van der Waals surface area contributed by atoms with Gasteiger partial charge in [0, 0.05) is 28.8 Å². The van der Waals surface area contributed by atoms with E-state index in [0.29, 0.717) is 41.7 Å². The Balaban J connectivity index is 1.59. The summed E-state index contributed by atoms with van der Waals surface area (Å²) in [5.41, 5.74) is 4.49. The quantitative estimate of drug-likeness (QED) is 0.373. The van der Waals surface area contributed by atoms with Crippen LogP contribution in [0.1, 0.15) is 35.4 Å². The first-order valence-corrected chi connectivity index (χ1v) is 12.8. The van der Waals surface area contributed by atoms with Gasteiger partial charge in [0.15, 0.2) is 5.78 Å². The number of hydrogen-bond acceptors (Lipinski definition) is 4. The van der Waals surface area contributed by atoms with Gasteiger partial charge in [-0.1, -0.05) is 47.5 Å². The van der Waals surface area contributed by atoms with Crippen LogP contribution in [0.5, 0.6) is 0 Å². The van der Waals surface area contributed by atoms with Crippen LogP contribution in [0.25, 0.3) is 11.1 Å². The minimum atomic E-state index is -0.918. The number of Topliss-reactive ketones (excluding diaryl/α,β-unsaturated/α-hetero) is 1. The second-order valence-electron chi connectivity index (χ2n) is 9.62.